The molecule has 0 bridgehead atoms. The second kappa shape index (κ2) is 5.76. The lowest BCUT2D eigenvalue weighted by atomic mass is 10.0. The van der Waals surface area contributed by atoms with Crippen LogP contribution < -0.4 is 5.32 Å². The highest BCUT2D eigenvalue weighted by Gasteiger charge is 2.15. The summed E-state index contributed by atoms with van der Waals surface area (Å²) < 4.78 is 0. The van der Waals surface area contributed by atoms with Crippen LogP contribution in [0.25, 0.3) is 0 Å². The maximum Gasteiger partial charge on any atom is 0.238 e. The zero-order valence-electron chi connectivity index (χ0n) is 9.03. The molecule has 15 heavy (non-hydrogen) atoms. The molecule has 1 unspecified atom stereocenters. The normalized spacial score (nSPS) is 14.3. The van der Waals surface area contributed by atoms with E-state index in [2.05, 4.69) is 5.32 Å². The minimum absolute atomic E-state index is 0.0555. The summed E-state index contributed by atoms with van der Waals surface area (Å²) in [5.41, 5.74) is 1.12. The third-order valence-corrected chi connectivity index (χ3v) is 2.49. The Labute approximate surface area is 95.6 Å². The molecule has 2 atom stereocenters. The summed E-state index contributed by atoms with van der Waals surface area (Å²) in [5.74, 6) is -0.118. The number of amides is 1. The van der Waals surface area contributed by atoms with Crippen molar-refractivity contribution >= 4 is 17.5 Å². The molecule has 1 N–H and O–H groups in total. The average molecular weight is 226 g/mol. The Bertz CT molecular complexity index is 311. The summed E-state index contributed by atoms with van der Waals surface area (Å²) >= 11 is 5.70. The first-order chi connectivity index (χ1) is 7.15. The molecule has 0 saturated carbocycles. The van der Waals surface area contributed by atoms with Crippen LogP contribution in [0.5, 0.6) is 0 Å². The fraction of sp³-hybridized carbons (Fsp3) is 0.417. The fourth-order valence-electron chi connectivity index (χ4n) is 1.39. The lowest BCUT2D eigenvalue weighted by molar-refractivity contribution is -0.121. The molecule has 0 radical (unpaired) electrons. The van der Waals surface area contributed by atoms with Gasteiger partial charge in [-0.3, -0.25) is 4.79 Å². The molecular weight excluding hydrogens is 210 g/mol. The zero-order valence-corrected chi connectivity index (χ0v) is 9.79. The minimum atomic E-state index is -0.484. The largest absolute Gasteiger partial charge is 0.348 e. The summed E-state index contributed by atoms with van der Waals surface area (Å²) in [5, 5.41) is 2.43. The van der Waals surface area contributed by atoms with E-state index in [9.17, 15) is 4.79 Å². The molecule has 0 aliphatic rings. The van der Waals surface area contributed by atoms with Crippen molar-refractivity contribution in [2.75, 3.05) is 0 Å². The van der Waals surface area contributed by atoms with Gasteiger partial charge in [-0.25, -0.2) is 0 Å². The van der Waals surface area contributed by atoms with Gasteiger partial charge in [-0.15, -0.1) is 11.6 Å². The Kier molecular flexibility index (Phi) is 4.63. The van der Waals surface area contributed by atoms with Crippen molar-refractivity contribution in [3.8, 4) is 0 Å². The Morgan fingerprint density at radius 3 is 2.47 bits per heavy atom. The van der Waals surface area contributed by atoms with E-state index >= 15 is 0 Å². The number of hydrogen-bond acceptors (Lipinski definition) is 1. The first-order valence-electron chi connectivity index (χ1n) is 5.14. The minimum Gasteiger partial charge on any atom is -0.348 e. The van der Waals surface area contributed by atoms with Crippen LogP contribution in [-0.2, 0) is 4.79 Å². The molecular formula is C12H16ClNO. The van der Waals surface area contributed by atoms with Crippen molar-refractivity contribution in [2.24, 2.45) is 0 Å². The molecule has 1 amide bonds. The SMILES string of the molecule is CCC(NC(=O)[C@H](C)Cl)c1ccccc1. The van der Waals surface area contributed by atoms with Gasteiger partial charge in [0.25, 0.3) is 0 Å². The van der Waals surface area contributed by atoms with Crippen LogP contribution in [0.2, 0.25) is 0 Å². The van der Waals surface area contributed by atoms with E-state index in [1.165, 1.54) is 0 Å². The van der Waals surface area contributed by atoms with Crippen LogP contribution in [-0.4, -0.2) is 11.3 Å². The van der Waals surface area contributed by atoms with E-state index in [0.29, 0.717) is 0 Å². The summed E-state index contributed by atoms with van der Waals surface area (Å²) in [6.07, 6.45) is 0.860. The second-order valence-electron chi connectivity index (χ2n) is 3.50. The number of hydrogen-bond donors (Lipinski definition) is 1. The molecule has 0 aliphatic carbocycles. The van der Waals surface area contributed by atoms with Crippen LogP contribution in [0.3, 0.4) is 0 Å². The van der Waals surface area contributed by atoms with E-state index in [-0.39, 0.29) is 11.9 Å². The quantitative estimate of drug-likeness (QED) is 0.785. The van der Waals surface area contributed by atoms with Crippen LogP contribution in [0.1, 0.15) is 31.9 Å². The van der Waals surface area contributed by atoms with Crippen molar-refractivity contribution in [3.05, 3.63) is 35.9 Å². The summed E-state index contributed by atoms with van der Waals surface area (Å²) in [7, 11) is 0. The predicted molar refractivity (Wildman–Crippen MR) is 62.9 cm³/mol. The second-order valence-corrected chi connectivity index (χ2v) is 4.15. The van der Waals surface area contributed by atoms with Gasteiger partial charge in [0.15, 0.2) is 0 Å². The summed E-state index contributed by atoms with van der Waals surface area (Å²) in [6, 6.07) is 9.96. The van der Waals surface area contributed by atoms with Gasteiger partial charge >= 0.3 is 0 Å². The van der Waals surface area contributed by atoms with E-state index in [1.807, 2.05) is 37.3 Å². The predicted octanol–water partition coefficient (Wildman–Crippen LogP) is 2.88. The van der Waals surface area contributed by atoms with Crippen molar-refractivity contribution in [1.82, 2.24) is 5.32 Å². The monoisotopic (exact) mass is 225 g/mol. The third-order valence-electron chi connectivity index (χ3n) is 2.29. The van der Waals surface area contributed by atoms with Gasteiger partial charge in [0.05, 0.1) is 6.04 Å². The lowest BCUT2D eigenvalue weighted by Crippen LogP contribution is -2.33. The first kappa shape index (κ1) is 12.1. The standard InChI is InChI=1S/C12H16ClNO/c1-3-11(14-12(15)9(2)13)10-7-5-4-6-8-10/h4-9,11H,3H2,1-2H3,(H,14,15)/t9-,11?/m0/s1. The van der Waals surface area contributed by atoms with Crippen LogP contribution in [0, 0.1) is 0 Å². The summed E-state index contributed by atoms with van der Waals surface area (Å²) in [6.45, 7) is 3.71. The number of carbonyl (C=O) groups excluding carboxylic acids is 1. The maximum absolute atomic E-state index is 11.4. The molecule has 1 aromatic carbocycles. The van der Waals surface area contributed by atoms with Gasteiger partial charge in [0.1, 0.15) is 5.38 Å². The average Bonchev–Trinajstić information content (AvgIpc) is 2.26. The van der Waals surface area contributed by atoms with Crippen molar-refractivity contribution in [2.45, 2.75) is 31.7 Å². The van der Waals surface area contributed by atoms with Gasteiger partial charge in [-0.2, -0.15) is 0 Å². The van der Waals surface area contributed by atoms with E-state index in [1.54, 1.807) is 6.92 Å². The van der Waals surface area contributed by atoms with Crippen LogP contribution in [0.15, 0.2) is 30.3 Å². The molecule has 82 valence electrons. The Hall–Kier alpha value is -1.02. The van der Waals surface area contributed by atoms with Gasteiger partial charge < -0.3 is 5.32 Å². The number of halogens is 1. The van der Waals surface area contributed by atoms with Crippen molar-refractivity contribution in [3.63, 3.8) is 0 Å². The molecule has 1 rings (SSSR count). The summed E-state index contributed by atoms with van der Waals surface area (Å²) in [4.78, 5) is 11.4. The fourth-order valence-corrected chi connectivity index (χ4v) is 1.46. The molecule has 1 aromatic rings. The third kappa shape index (κ3) is 3.56. The van der Waals surface area contributed by atoms with Gasteiger partial charge in [0, 0.05) is 0 Å². The smallest absolute Gasteiger partial charge is 0.238 e. The number of carbonyl (C=O) groups is 1. The van der Waals surface area contributed by atoms with Crippen LogP contribution >= 0.6 is 11.6 Å². The Morgan fingerprint density at radius 1 is 1.40 bits per heavy atom. The lowest BCUT2D eigenvalue weighted by Gasteiger charge is -2.18. The van der Waals surface area contributed by atoms with E-state index < -0.39 is 5.38 Å². The maximum atomic E-state index is 11.4. The molecule has 0 heterocycles. The highest BCUT2D eigenvalue weighted by molar-refractivity contribution is 6.30. The molecule has 0 saturated heterocycles. The van der Waals surface area contributed by atoms with Crippen LogP contribution in [0.4, 0.5) is 0 Å². The highest BCUT2D eigenvalue weighted by Crippen LogP contribution is 2.16. The number of benzene rings is 1. The molecule has 0 fully saturated rings. The molecule has 2 nitrogen and oxygen atoms in total. The van der Waals surface area contributed by atoms with Crippen molar-refractivity contribution in [1.29, 1.82) is 0 Å². The highest BCUT2D eigenvalue weighted by atomic mass is 35.5. The Balaban J connectivity index is 2.69. The van der Waals surface area contributed by atoms with Gasteiger partial charge in [-0.1, -0.05) is 37.3 Å². The first-order valence-corrected chi connectivity index (χ1v) is 5.58. The van der Waals surface area contributed by atoms with Gasteiger partial charge in [0.2, 0.25) is 5.91 Å². The Morgan fingerprint density at radius 2 is 2.00 bits per heavy atom. The van der Waals surface area contributed by atoms with Crippen molar-refractivity contribution < 1.29 is 4.79 Å². The molecule has 0 spiro atoms. The molecule has 3 heteroatoms. The van der Waals surface area contributed by atoms with E-state index in [0.717, 1.165) is 12.0 Å². The number of nitrogens with one attached hydrogen (secondary N) is 1. The van der Waals surface area contributed by atoms with E-state index in [4.69, 9.17) is 11.6 Å². The molecule has 0 aromatic heterocycles. The van der Waals surface area contributed by atoms with Gasteiger partial charge in [-0.05, 0) is 18.9 Å². The molecule has 0 aliphatic heterocycles. The number of alkyl halides is 1. The zero-order chi connectivity index (χ0) is 11.3. The number of rotatable bonds is 4. The topological polar surface area (TPSA) is 29.1 Å².